The smallest absolute Gasteiger partial charge is 0.128 e. The van der Waals surface area contributed by atoms with Gasteiger partial charge in [-0.2, -0.15) is 5.10 Å². The van der Waals surface area contributed by atoms with Gasteiger partial charge >= 0.3 is 0 Å². The van der Waals surface area contributed by atoms with Crippen molar-refractivity contribution < 1.29 is 4.74 Å². The van der Waals surface area contributed by atoms with E-state index in [1.807, 2.05) is 32.2 Å². The average Bonchev–Trinajstić information content (AvgIpc) is 2.57. The van der Waals surface area contributed by atoms with Gasteiger partial charge in [-0.25, -0.2) is 0 Å². The van der Waals surface area contributed by atoms with E-state index in [4.69, 9.17) is 10.5 Å². The van der Waals surface area contributed by atoms with Crippen LogP contribution in [0.3, 0.4) is 0 Å². The molecule has 0 atom stereocenters. The van der Waals surface area contributed by atoms with Gasteiger partial charge in [-0.1, -0.05) is 6.07 Å². The quantitative estimate of drug-likeness (QED) is 0.836. The van der Waals surface area contributed by atoms with E-state index in [0.717, 1.165) is 22.6 Å². The predicted molar refractivity (Wildman–Crippen MR) is 64.3 cm³/mol. The van der Waals surface area contributed by atoms with Crippen LogP contribution in [-0.2, 0) is 7.05 Å². The Kier molecular flexibility index (Phi) is 2.56. The molecule has 0 radical (unpaired) electrons. The molecule has 0 saturated carbocycles. The van der Waals surface area contributed by atoms with Crippen LogP contribution in [0.4, 0.5) is 5.69 Å². The normalized spacial score (nSPS) is 10.4. The van der Waals surface area contributed by atoms with Crippen LogP contribution in [0, 0.1) is 6.92 Å². The first-order valence-corrected chi connectivity index (χ1v) is 5.06. The molecule has 1 aromatic carbocycles. The molecule has 1 aromatic heterocycles. The summed E-state index contributed by atoms with van der Waals surface area (Å²) in [5.41, 5.74) is 9.39. The SMILES string of the molecule is COc1cc(C)ccc1-c1nn(C)cc1N. The van der Waals surface area contributed by atoms with E-state index in [9.17, 15) is 0 Å². The van der Waals surface area contributed by atoms with Crippen LogP contribution in [0.25, 0.3) is 11.3 Å². The Morgan fingerprint density at radius 1 is 1.38 bits per heavy atom. The summed E-state index contributed by atoms with van der Waals surface area (Å²) in [7, 11) is 3.50. The van der Waals surface area contributed by atoms with Crippen molar-refractivity contribution in [3.8, 4) is 17.0 Å². The van der Waals surface area contributed by atoms with Crippen molar-refractivity contribution in [1.29, 1.82) is 0 Å². The number of aromatic nitrogens is 2. The van der Waals surface area contributed by atoms with Crippen molar-refractivity contribution in [2.24, 2.45) is 7.05 Å². The van der Waals surface area contributed by atoms with Gasteiger partial charge in [0.2, 0.25) is 0 Å². The van der Waals surface area contributed by atoms with Crippen molar-refractivity contribution in [2.75, 3.05) is 12.8 Å². The number of nitrogens with zero attached hydrogens (tertiary/aromatic N) is 2. The number of ether oxygens (including phenoxy) is 1. The molecule has 4 nitrogen and oxygen atoms in total. The van der Waals surface area contributed by atoms with Gasteiger partial charge < -0.3 is 10.5 Å². The second-order valence-corrected chi connectivity index (χ2v) is 3.81. The molecule has 0 aliphatic heterocycles. The van der Waals surface area contributed by atoms with Crippen LogP contribution in [0.1, 0.15) is 5.56 Å². The number of aryl methyl sites for hydroxylation is 2. The number of hydrogen-bond donors (Lipinski definition) is 1. The Labute approximate surface area is 94.6 Å². The van der Waals surface area contributed by atoms with Gasteiger partial charge in [-0.05, 0) is 24.6 Å². The van der Waals surface area contributed by atoms with Crippen molar-refractivity contribution in [1.82, 2.24) is 9.78 Å². The Morgan fingerprint density at radius 3 is 2.69 bits per heavy atom. The number of anilines is 1. The molecule has 2 aromatic rings. The highest BCUT2D eigenvalue weighted by Crippen LogP contribution is 2.32. The fourth-order valence-corrected chi connectivity index (χ4v) is 1.71. The van der Waals surface area contributed by atoms with Crippen LogP contribution in [0.15, 0.2) is 24.4 Å². The monoisotopic (exact) mass is 217 g/mol. The molecule has 0 unspecified atom stereocenters. The van der Waals surface area contributed by atoms with Crippen LogP contribution in [0.5, 0.6) is 5.75 Å². The van der Waals surface area contributed by atoms with E-state index >= 15 is 0 Å². The van der Waals surface area contributed by atoms with Gasteiger partial charge in [0.25, 0.3) is 0 Å². The molecule has 4 heteroatoms. The van der Waals surface area contributed by atoms with E-state index in [1.54, 1.807) is 18.0 Å². The minimum absolute atomic E-state index is 0.657. The van der Waals surface area contributed by atoms with Crippen LogP contribution < -0.4 is 10.5 Å². The molecule has 0 bridgehead atoms. The molecule has 0 amide bonds. The minimum Gasteiger partial charge on any atom is -0.496 e. The first-order chi connectivity index (χ1) is 7.61. The summed E-state index contributed by atoms with van der Waals surface area (Å²) in [4.78, 5) is 0. The molecule has 2 N–H and O–H groups in total. The zero-order valence-corrected chi connectivity index (χ0v) is 9.69. The number of benzene rings is 1. The molecule has 1 heterocycles. The van der Waals surface area contributed by atoms with Gasteiger partial charge in [0.05, 0.1) is 12.8 Å². The van der Waals surface area contributed by atoms with E-state index in [2.05, 4.69) is 5.10 Å². The van der Waals surface area contributed by atoms with Crippen LogP contribution >= 0.6 is 0 Å². The Bertz CT molecular complexity index is 517. The van der Waals surface area contributed by atoms with Crippen molar-refractivity contribution in [2.45, 2.75) is 6.92 Å². The number of nitrogens with two attached hydrogens (primary N) is 1. The summed E-state index contributed by atoms with van der Waals surface area (Å²) in [6.07, 6.45) is 1.79. The second-order valence-electron chi connectivity index (χ2n) is 3.81. The summed E-state index contributed by atoms with van der Waals surface area (Å²) in [5, 5.41) is 4.33. The van der Waals surface area contributed by atoms with Crippen LogP contribution in [0.2, 0.25) is 0 Å². The molecule has 0 spiro atoms. The molecule has 0 saturated heterocycles. The van der Waals surface area contributed by atoms with E-state index < -0.39 is 0 Å². The third-order valence-electron chi connectivity index (χ3n) is 2.47. The summed E-state index contributed by atoms with van der Waals surface area (Å²) in [6.45, 7) is 2.02. The average molecular weight is 217 g/mol. The number of hydrogen-bond acceptors (Lipinski definition) is 3. The Balaban J connectivity index is 2.59. The zero-order valence-electron chi connectivity index (χ0n) is 9.69. The first-order valence-electron chi connectivity index (χ1n) is 5.06. The Hall–Kier alpha value is -1.97. The van der Waals surface area contributed by atoms with Crippen molar-refractivity contribution in [3.05, 3.63) is 30.0 Å². The van der Waals surface area contributed by atoms with Gasteiger partial charge in [-0.15, -0.1) is 0 Å². The number of nitrogen functional groups attached to an aromatic ring is 1. The maximum absolute atomic E-state index is 5.90. The minimum atomic E-state index is 0.657. The highest BCUT2D eigenvalue weighted by Gasteiger charge is 2.12. The van der Waals surface area contributed by atoms with Crippen molar-refractivity contribution >= 4 is 5.69 Å². The molecular formula is C12H15N3O. The molecule has 0 aliphatic carbocycles. The van der Waals surface area contributed by atoms with Crippen molar-refractivity contribution in [3.63, 3.8) is 0 Å². The van der Waals surface area contributed by atoms with Gasteiger partial charge in [0.15, 0.2) is 0 Å². The molecule has 84 valence electrons. The summed E-state index contributed by atoms with van der Waals surface area (Å²) < 4.78 is 7.04. The lowest BCUT2D eigenvalue weighted by molar-refractivity contribution is 0.416. The first kappa shape index (κ1) is 10.5. The van der Waals surface area contributed by atoms with Gasteiger partial charge in [0, 0.05) is 18.8 Å². The van der Waals surface area contributed by atoms with Crippen LogP contribution in [-0.4, -0.2) is 16.9 Å². The molecule has 16 heavy (non-hydrogen) atoms. The summed E-state index contributed by atoms with van der Waals surface area (Å²) in [5.74, 6) is 0.797. The second kappa shape index (κ2) is 3.89. The maximum Gasteiger partial charge on any atom is 0.128 e. The standard InChI is InChI=1S/C12H15N3O/c1-8-4-5-9(11(6-8)16-3)12-10(13)7-15(2)14-12/h4-7H,13H2,1-3H3. The lowest BCUT2D eigenvalue weighted by atomic mass is 10.1. The van der Waals surface area contributed by atoms with Gasteiger partial charge in [-0.3, -0.25) is 4.68 Å². The zero-order chi connectivity index (χ0) is 11.7. The fraction of sp³-hybridized carbons (Fsp3) is 0.250. The van der Waals surface area contributed by atoms with E-state index in [0.29, 0.717) is 5.69 Å². The molecule has 2 rings (SSSR count). The lowest BCUT2D eigenvalue weighted by Gasteiger charge is -2.07. The molecular weight excluding hydrogens is 202 g/mol. The third kappa shape index (κ3) is 1.74. The summed E-state index contributed by atoms with van der Waals surface area (Å²) >= 11 is 0. The topological polar surface area (TPSA) is 53.1 Å². The van der Waals surface area contributed by atoms with Gasteiger partial charge in [0.1, 0.15) is 11.4 Å². The summed E-state index contributed by atoms with van der Waals surface area (Å²) in [6, 6.07) is 5.97. The fourth-order valence-electron chi connectivity index (χ4n) is 1.71. The lowest BCUT2D eigenvalue weighted by Crippen LogP contribution is -1.93. The predicted octanol–water partition coefficient (Wildman–Crippen LogP) is 1.99. The third-order valence-corrected chi connectivity index (χ3v) is 2.47. The highest BCUT2D eigenvalue weighted by atomic mass is 16.5. The molecule has 0 aliphatic rings. The molecule has 0 fully saturated rings. The van der Waals surface area contributed by atoms with E-state index in [1.165, 1.54) is 0 Å². The highest BCUT2D eigenvalue weighted by molar-refractivity contribution is 5.77. The number of rotatable bonds is 2. The number of methoxy groups -OCH3 is 1. The van der Waals surface area contributed by atoms with E-state index in [-0.39, 0.29) is 0 Å². The Morgan fingerprint density at radius 2 is 2.12 bits per heavy atom. The maximum atomic E-state index is 5.90. The largest absolute Gasteiger partial charge is 0.496 e.